The van der Waals surface area contributed by atoms with Crippen LogP contribution >= 0.6 is 27.5 Å². The van der Waals surface area contributed by atoms with Gasteiger partial charge in [-0.25, -0.2) is 0 Å². The van der Waals surface area contributed by atoms with Gasteiger partial charge in [-0.05, 0) is 34.5 Å². The summed E-state index contributed by atoms with van der Waals surface area (Å²) in [6.07, 6.45) is 0. The van der Waals surface area contributed by atoms with Crippen LogP contribution in [-0.4, -0.2) is 6.61 Å². The Labute approximate surface area is 115 Å². The summed E-state index contributed by atoms with van der Waals surface area (Å²) in [5.41, 5.74) is 2.10. The maximum atomic E-state index is 6.27. The molecule has 0 aliphatic carbocycles. The molecule has 0 atom stereocenters. The van der Waals surface area contributed by atoms with Crippen LogP contribution in [0.1, 0.15) is 6.92 Å². The van der Waals surface area contributed by atoms with Gasteiger partial charge in [0.2, 0.25) is 0 Å². The van der Waals surface area contributed by atoms with Gasteiger partial charge in [-0.2, -0.15) is 0 Å². The Kier molecular flexibility index (Phi) is 4.08. The van der Waals surface area contributed by atoms with Crippen LogP contribution in [0.25, 0.3) is 11.1 Å². The Balaban J connectivity index is 2.47. The van der Waals surface area contributed by atoms with E-state index in [2.05, 4.69) is 15.9 Å². The SMILES string of the molecule is CCOc1cc(Cl)c(-c2ccccc2)cc1Br. The van der Waals surface area contributed by atoms with E-state index >= 15 is 0 Å². The van der Waals surface area contributed by atoms with Crippen molar-refractivity contribution in [3.63, 3.8) is 0 Å². The zero-order chi connectivity index (χ0) is 12.3. The summed E-state index contributed by atoms with van der Waals surface area (Å²) in [6.45, 7) is 2.57. The molecule has 0 aromatic heterocycles. The topological polar surface area (TPSA) is 9.23 Å². The van der Waals surface area contributed by atoms with Crippen LogP contribution in [0.2, 0.25) is 5.02 Å². The fraction of sp³-hybridized carbons (Fsp3) is 0.143. The smallest absolute Gasteiger partial charge is 0.134 e. The summed E-state index contributed by atoms with van der Waals surface area (Å²) in [4.78, 5) is 0. The summed E-state index contributed by atoms with van der Waals surface area (Å²) >= 11 is 9.77. The molecule has 17 heavy (non-hydrogen) atoms. The molecular weight excluding hydrogens is 300 g/mol. The van der Waals surface area contributed by atoms with Crippen molar-refractivity contribution in [1.82, 2.24) is 0 Å². The largest absolute Gasteiger partial charge is 0.493 e. The zero-order valence-electron chi connectivity index (χ0n) is 9.41. The Morgan fingerprint density at radius 2 is 1.88 bits per heavy atom. The van der Waals surface area contributed by atoms with E-state index in [0.717, 1.165) is 21.3 Å². The first kappa shape index (κ1) is 12.5. The predicted molar refractivity (Wildman–Crippen MR) is 75.8 cm³/mol. The highest BCUT2D eigenvalue weighted by atomic mass is 79.9. The second-order valence-corrected chi connectivity index (χ2v) is 4.82. The van der Waals surface area contributed by atoms with Crippen LogP contribution in [0.4, 0.5) is 0 Å². The van der Waals surface area contributed by atoms with Crippen molar-refractivity contribution >= 4 is 27.5 Å². The second kappa shape index (κ2) is 5.56. The molecule has 0 bridgehead atoms. The van der Waals surface area contributed by atoms with E-state index in [-0.39, 0.29) is 0 Å². The fourth-order valence-electron chi connectivity index (χ4n) is 1.63. The number of ether oxygens (including phenoxy) is 1. The quantitative estimate of drug-likeness (QED) is 0.760. The molecule has 0 saturated carbocycles. The number of hydrogen-bond donors (Lipinski definition) is 0. The molecule has 0 heterocycles. The second-order valence-electron chi connectivity index (χ2n) is 3.56. The molecule has 0 radical (unpaired) electrons. The van der Waals surface area contributed by atoms with E-state index in [1.165, 1.54) is 0 Å². The lowest BCUT2D eigenvalue weighted by atomic mass is 10.1. The van der Waals surface area contributed by atoms with Crippen LogP contribution in [-0.2, 0) is 0 Å². The monoisotopic (exact) mass is 310 g/mol. The van der Waals surface area contributed by atoms with Gasteiger partial charge in [0.25, 0.3) is 0 Å². The van der Waals surface area contributed by atoms with E-state index in [0.29, 0.717) is 11.6 Å². The minimum Gasteiger partial charge on any atom is -0.493 e. The highest BCUT2D eigenvalue weighted by Crippen LogP contribution is 2.36. The summed E-state index contributed by atoms with van der Waals surface area (Å²) < 4.78 is 6.40. The maximum absolute atomic E-state index is 6.27. The van der Waals surface area contributed by atoms with Gasteiger partial charge in [-0.15, -0.1) is 0 Å². The van der Waals surface area contributed by atoms with Crippen molar-refractivity contribution in [2.45, 2.75) is 6.92 Å². The molecule has 0 aliphatic heterocycles. The third-order valence-corrected chi connectivity index (χ3v) is 3.34. The Bertz CT molecular complexity index is 511. The van der Waals surface area contributed by atoms with Gasteiger partial charge in [0.15, 0.2) is 0 Å². The average Bonchev–Trinajstić information content (AvgIpc) is 2.35. The van der Waals surface area contributed by atoms with Crippen molar-refractivity contribution in [3.8, 4) is 16.9 Å². The number of halogens is 2. The lowest BCUT2D eigenvalue weighted by Crippen LogP contribution is -1.93. The first-order chi connectivity index (χ1) is 8.22. The van der Waals surface area contributed by atoms with Gasteiger partial charge >= 0.3 is 0 Å². The third-order valence-electron chi connectivity index (χ3n) is 2.41. The Hall–Kier alpha value is -0.990. The molecule has 0 fully saturated rings. The highest BCUT2D eigenvalue weighted by Gasteiger charge is 2.09. The number of rotatable bonds is 3. The molecule has 3 heteroatoms. The lowest BCUT2D eigenvalue weighted by Gasteiger charge is -2.10. The summed E-state index contributed by atoms with van der Waals surface area (Å²) in [6, 6.07) is 13.9. The molecule has 2 rings (SSSR count). The van der Waals surface area contributed by atoms with Crippen LogP contribution in [0.5, 0.6) is 5.75 Å². The molecule has 1 nitrogen and oxygen atoms in total. The van der Waals surface area contributed by atoms with Crippen molar-refractivity contribution in [1.29, 1.82) is 0 Å². The number of benzene rings is 2. The predicted octanol–water partition coefficient (Wildman–Crippen LogP) is 5.17. The molecule has 2 aromatic carbocycles. The third kappa shape index (κ3) is 2.82. The zero-order valence-corrected chi connectivity index (χ0v) is 11.8. The van der Waals surface area contributed by atoms with Gasteiger partial charge in [-0.1, -0.05) is 41.9 Å². The molecule has 88 valence electrons. The van der Waals surface area contributed by atoms with Gasteiger partial charge in [0, 0.05) is 11.6 Å². The van der Waals surface area contributed by atoms with Gasteiger partial charge in [0.05, 0.1) is 16.1 Å². The van der Waals surface area contributed by atoms with Gasteiger partial charge < -0.3 is 4.74 Å². The van der Waals surface area contributed by atoms with Crippen molar-refractivity contribution in [2.75, 3.05) is 6.61 Å². The fourth-order valence-corrected chi connectivity index (χ4v) is 2.35. The van der Waals surface area contributed by atoms with E-state index in [4.69, 9.17) is 16.3 Å². The van der Waals surface area contributed by atoms with Crippen LogP contribution in [0.3, 0.4) is 0 Å². The molecular formula is C14H12BrClO. The Morgan fingerprint density at radius 3 is 2.53 bits per heavy atom. The minimum absolute atomic E-state index is 0.625. The van der Waals surface area contributed by atoms with Crippen molar-refractivity contribution in [2.24, 2.45) is 0 Å². The average molecular weight is 312 g/mol. The minimum atomic E-state index is 0.625. The van der Waals surface area contributed by atoms with Crippen LogP contribution in [0, 0.1) is 0 Å². The van der Waals surface area contributed by atoms with Gasteiger partial charge in [-0.3, -0.25) is 0 Å². The van der Waals surface area contributed by atoms with E-state index in [9.17, 15) is 0 Å². The molecule has 0 amide bonds. The summed E-state index contributed by atoms with van der Waals surface area (Å²) in [5.74, 6) is 0.775. The number of hydrogen-bond acceptors (Lipinski definition) is 1. The maximum Gasteiger partial charge on any atom is 0.134 e. The Morgan fingerprint density at radius 1 is 1.18 bits per heavy atom. The standard InChI is InChI=1S/C14H12BrClO/c1-2-17-14-9-13(16)11(8-12(14)15)10-6-4-3-5-7-10/h3-9H,2H2,1H3. The molecule has 0 unspecified atom stereocenters. The molecule has 0 saturated heterocycles. The molecule has 0 aliphatic rings. The van der Waals surface area contributed by atoms with E-state index in [1.807, 2.05) is 49.4 Å². The summed E-state index contributed by atoms with van der Waals surface area (Å²) in [7, 11) is 0. The van der Waals surface area contributed by atoms with E-state index in [1.54, 1.807) is 0 Å². The highest BCUT2D eigenvalue weighted by molar-refractivity contribution is 9.10. The van der Waals surface area contributed by atoms with E-state index < -0.39 is 0 Å². The summed E-state index contributed by atoms with van der Waals surface area (Å²) in [5, 5.41) is 0.697. The molecule has 0 spiro atoms. The molecule has 2 aromatic rings. The first-order valence-electron chi connectivity index (χ1n) is 5.39. The molecule has 0 N–H and O–H groups in total. The first-order valence-corrected chi connectivity index (χ1v) is 6.56. The van der Waals surface area contributed by atoms with Crippen LogP contribution in [0.15, 0.2) is 46.9 Å². The van der Waals surface area contributed by atoms with Crippen molar-refractivity contribution in [3.05, 3.63) is 52.0 Å². The normalized spacial score (nSPS) is 10.3. The van der Waals surface area contributed by atoms with Crippen LogP contribution < -0.4 is 4.74 Å². The van der Waals surface area contributed by atoms with Crippen molar-refractivity contribution < 1.29 is 4.74 Å². The van der Waals surface area contributed by atoms with Gasteiger partial charge in [0.1, 0.15) is 5.75 Å². The lowest BCUT2D eigenvalue weighted by molar-refractivity contribution is 0.338.